The first-order chi connectivity index (χ1) is 8.70. The number of ether oxygens (including phenoxy) is 2. The SMILES string of the molecule is CCC(C)NCCC(=O)c1ccc2c(c1)OCO2. The molecule has 0 saturated heterocycles. The average molecular weight is 249 g/mol. The lowest BCUT2D eigenvalue weighted by atomic mass is 10.1. The van der Waals surface area contributed by atoms with Crippen LogP contribution in [0.1, 0.15) is 37.0 Å². The van der Waals surface area contributed by atoms with Gasteiger partial charge in [0.15, 0.2) is 17.3 Å². The number of carbonyl (C=O) groups is 1. The lowest BCUT2D eigenvalue weighted by Gasteiger charge is -2.10. The summed E-state index contributed by atoms with van der Waals surface area (Å²) >= 11 is 0. The summed E-state index contributed by atoms with van der Waals surface area (Å²) in [6.45, 7) is 5.19. The van der Waals surface area contributed by atoms with Gasteiger partial charge >= 0.3 is 0 Å². The van der Waals surface area contributed by atoms with E-state index in [2.05, 4.69) is 19.2 Å². The van der Waals surface area contributed by atoms with Gasteiger partial charge in [-0.3, -0.25) is 4.79 Å². The van der Waals surface area contributed by atoms with Crippen LogP contribution >= 0.6 is 0 Å². The van der Waals surface area contributed by atoms with Gasteiger partial charge < -0.3 is 14.8 Å². The molecule has 0 aromatic heterocycles. The zero-order chi connectivity index (χ0) is 13.0. The monoisotopic (exact) mass is 249 g/mol. The zero-order valence-electron chi connectivity index (χ0n) is 10.9. The minimum Gasteiger partial charge on any atom is -0.454 e. The van der Waals surface area contributed by atoms with Gasteiger partial charge in [-0.1, -0.05) is 6.92 Å². The van der Waals surface area contributed by atoms with Gasteiger partial charge in [0, 0.05) is 24.6 Å². The topological polar surface area (TPSA) is 47.6 Å². The van der Waals surface area contributed by atoms with Gasteiger partial charge in [0.05, 0.1) is 0 Å². The van der Waals surface area contributed by atoms with Gasteiger partial charge in [-0.05, 0) is 31.5 Å². The third kappa shape index (κ3) is 3.01. The quantitative estimate of drug-likeness (QED) is 0.786. The Hall–Kier alpha value is -1.55. The van der Waals surface area contributed by atoms with Crippen LogP contribution in [0.15, 0.2) is 18.2 Å². The average Bonchev–Trinajstić information content (AvgIpc) is 2.85. The molecule has 1 unspecified atom stereocenters. The van der Waals surface area contributed by atoms with E-state index in [9.17, 15) is 4.79 Å². The molecule has 1 atom stereocenters. The molecule has 18 heavy (non-hydrogen) atoms. The molecule has 0 bridgehead atoms. The standard InChI is InChI=1S/C14H19NO3/c1-3-10(2)15-7-6-12(16)11-4-5-13-14(8-11)18-9-17-13/h4-5,8,10,15H,3,6-7,9H2,1-2H3. The summed E-state index contributed by atoms with van der Waals surface area (Å²) in [5.41, 5.74) is 0.685. The summed E-state index contributed by atoms with van der Waals surface area (Å²) in [6.07, 6.45) is 1.57. The number of fused-ring (bicyclic) bond motifs is 1. The molecule has 1 N–H and O–H groups in total. The van der Waals surface area contributed by atoms with Crippen LogP contribution in [0.3, 0.4) is 0 Å². The van der Waals surface area contributed by atoms with Crippen molar-refractivity contribution in [1.82, 2.24) is 5.32 Å². The van der Waals surface area contributed by atoms with E-state index in [1.54, 1.807) is 18.2 Å². The van der Waals surface area contributed by atoms with Gasteiger partial charge in [0.2, 0.25) is 6.79 Å². The van der Waals surface area contributed by atoms with Crippen molar-refractivity contribution < 1.29 is 14.3 Å². The molecule has 1 aliphatic heterocycles. The first kappa shape index (κ1) is 12.9. The molecule has 1 heterocycles. The van der Waals surface area contributed by atoms with Crippen LogP contribution < -0.4 is 14.8 Å². The Morgan fingerprint density at radius 2 is 2.17 bits per heavy atom. The highest BCUT2D eigenvalue weighted by atomic mass is 16.7. The molecule has 4 nitrogen and oxygen atoms in total. The molecule has 0 fully saturated rings. The number of Topliss-reactive ketones (excluding diaryl/α,β-unsaturated/α-hetero) is 1. The summed E-state index contributed by atoms with van der Waals surface area (Å²) < 4.78 is 10.5. The minimum absolute atomic E-state index is 0.129. The number of hydrogen-bond donors (Lipinski definition) is 1. The van der Waals surface area contributed by atoms with Crippen LogP contribution in [-0.2, 0) is 0 Å². The van der Waals surface area contributed by atoms with Gasteiger partial charge in [-0.25, -0.2) is 0 Å². The number of nitrogens with one attached hydrogen (secondary N) is 1. The van der Waals surface area contributed by atoms with Crippen molar-refractivity contribution in [3.8, 4) is 11.5 Å². The molecule has 1 aliphatic rings. The molecule has 98 valence electrons. The van der Waals surface area contributed by atoms with Crippen LogP contribution in [0.2, 0.25) is 0 Å². The third-order valence-corrected chi connectivity index (χ3v) is 3.15. The molecular formula is C14H19NO3. The van der Waals surface area contributed by atoms with Crippen LogP contribution in [0.4, 0.5) is 0 Å². The zero-order valence-corrected chi connectivity index (χ0v) is 10.9. The second-order valence-corrected chi connectivity index (χ2v) is 4.50. The van der Waals surface area contributed by atoms with E-state index in [1.165, 1.54) is 0 Å². The molecule has 1 aromatic rings. The first-order valence-electron chi connectivity index (χ1n) is 6.37. The highest BCUT2D eigenvalue weighted by Crippen LogP contribution is 2.32. The maximum Gasteiger partial charge on any atom is 0.231 e. The summed E-state index contributed by atoms with van der Waals surface area (Å²) in [5.74, 6) is 1.50. The van der Waals surface area contributed by atoms with Crippen LogP contribution in [-0.4, -0.2) is 25.2 Å². The summed E-state index contributed by atoms with van der Waals surface area (Å²) in [7, 11) is 0. The number of benzene rings is 1. The molecule has 0 amide bonds. The molecule has 4 heteroatoms. The summed E-state index contributed by atoms with van der Waals surface area (Å²) in [6, 6.07) is 5.79. The summed E-state index contributed by atoms with van der Waals surface area (Å²) in [5, 5.41) is 3.31. The Labute approximate surface area is 107 Å². The fourth-order valence-corrected chi connectivity index (χ4v) is 1.79. The van der Waals surface area contributed by atoms with Crippen molar-refractivity contribution >= 4 is 5.78 Å². The van der Waals surface area contributed by atoms with E-state index >= 15 is 0 Å². The van der Waals surface area contributed by atoms with Crippen molar-refractivity contribution in [2.45, 2.75) is 32.7 Å². The molecule has 2 rings (SSSR count). The molecule has 0 radical (unpaired) electrons. The molecule has 0 saturated carbocycles. The normalized spacial score (nSPS) is 14.6. The Kier molecular flexibility index (Phi) is 4.20. The van der Waals surface area contributed by atoms with Crippen molar-refractivity contribution in [3.05, 3.63) is 23.8 Å². The van der Waals surface area contributed by atoms with E-state index in [0.717, 1.165) is 6.42 Å². The smallest absolute Gasteiger partial charge is 0.231 e. The maximum absolute atomic E-state index is 12.0. The van der Waals surface area contributed by atoms with Crippen molar-refractivity contribution in [3.63, 3.8) is 0 Å². The van der Waals surface area contributed by atoms with Crippen molar-refractivity contribution in [2.24, 2.45) is 0 Å². The molecule has 0 aliphatic carbocycles. The minimum atomic E-state index is 0.129. The second-order valence-electron chi connectivity index (χ2n) is 4.50. The van der Waals surface area contributed by atoms with E-state index < -0.39 is 0 Å². The Morgan fingerprint density at radius 1 is 1.39 bits per heavy atom. The van der Waals surface area contributed by atoms with Gasteiger partial charge in [-0.2, -0.15) is 0 Å². The van der Waals surface area contributed by atoms with Crippen LogP contribution in [0.25, 0.3) is 0 Å². The Morgan fingerprint density at radius 3 is 2.94 bits per heavy atom. The van der Waals surface area contributed by atoms with Crippen LogP contribution in [0, 0.1) is 0 Å². The van der Waals surface area contributed by atoms with Crippen molar-refractivity contribution in [2.75, 3.05) is 13.3 Å². The second kappa shape index (κ2) is 5.87. The molecule has 0 spiro atoms. The van der Waals surface area contributed by atoms with Crippen LogP contribution in [0.5, 0.6) is 11.5 Å². The van der Waals surface area contributed by atoms with E-state index in [0.29, 0.717) is 36.1 Å². The predicted octanol–water partition coefficient (Wildman–Crippen LogP) is 2.38. The fourth-order valence-electron chi connectivity index (χ4n) is 1.79. The Bertz CT molecular complexity index is 431. The lowest BCUT2D eigenvalue weighted by molar-refractivity contribution is 0.0981. The summed E-state index contributed by atoms with van der Waals surface area (Å²) in [4.78, 5) is 12.0. The highest BCUT2D eigenvalue weighted by molar-refractivity contribution is 5.96. The highest BCUT2D eigenvalue weighted by Gasteiger charge is 2.15. The van der Waals surface area contributed by atoms with E-state index in [1.807, 2.05) is 0 Å². The largest absolute Gasteiger partial charge is 0.454 e. The maximum atomic E-state index is 12.0. The first-order valence-corrected chi connectivity index (χ1v) is 6.37. The van der Waals surface area contributed by atoms with Gasteiger partial charge in [-0.15, -0.1) is 0 Å². The van der Waals surface area contributed by atoms with E-state index in [-0.39, 0.29) is 12.6 Å². The fraction of sp³-hybridized carbons (Fsp3) is 0.500. The molecular weight excluding hydrogens is 230 g/mol. The third-order valence-electron chi connectivity index (χ3n) is 3.15. The Balaban J connectivity index is 1.89. The number of hydrogen-bond acceptors (Lipinski definition) is 4. The molecule has 1 aromatic carbocycles. The predicted molar refractivity (Wildman–Crippen MR) is 69.3 cm³/mol. The van der Waals surface area contributed by atoms with E-state index in [4.69, 9.17) is 9.47 Å². The number of ketones is 1. The lowest BCUT2D eigenvalue weighted by Crippen LogP contribution is -2.27. The number of carbonyl (C=O) groups excluding carboxylic acids is 1. The number of rotatable bonds is 6. The van der Waals surface area contributed by atoms with Gasteiger partial charge in [0.25, 0.3) is 0 Å². The van der Waals surface area contributed by atoms with Gasteiger partial charge in [0.1, 0.15) is 0 Å². The van der Waals surface area contributed by atoms with Crippen molar-refractivity contribution in [1.29, 1.82) is 0 Å².